The van der Waals surface area contributed by atoms with Gasteiger partial charge in [0.1, 0.15) is 33.4 Å². The third-order valence-electron chi connectivity index (χ3n) is 12.6. The van der Waals surface area contributed by atoms with Crippen LogP contribution in [0.3, 0.4) is 0 Å². The Bertz CT molecular complexity index is 4090. The van der Waals surface area contributed by atoms with Gasteiger partial charge in [-0.1, -0.05) is 133 Å². The Morgan fingerprint density at radius 2 is 0.831 bits per heavy atom. The molecule has 4 aromatic heterocycles. The smallest absolute Gasteiger partial charge is 0.161 e. The fourth-order valence-corrected chi connectivity index (χ4v) is 10.1. The zero-order valence-corrected chi connectivity index (χ0v) is 31.4. The first-order valence-corrected chi connectivity index (χ1v) is 20.0. The van der Waals surface area contributed by atoms with Gasteiger partial charge in [-0.05, 0) is 85.6 Å². The van der Waals surface area contributed by atoms with Gasteiger partial charge >= 0.3 is 0 Å². The molecule has 0 aliphatic heterocycles. The van der Waals surface area contributed by atoms with E-state index < -0.39 is 0 Å². The molecule has 14 rings (SSSR count). The second-order valence-corrected chi connectivity index (χ2v) is 15.7. The van der Waals surface area contributed by atoms with Crippen LogP contribution in [0, 0.1) is 0 Å². The lowest BCUT2D eigenvalue weighted by molar-refractivity contribution is 0.668. The summed E-state index contributed by atoms with van der Waals surface area (Å²) in [5.41, 5.74) is 9.88. The lowest BCUT2D eigenvalue weighted by Gasteiger charge is -2.18. The van der Waals surface area contributed by atoms with Crippen LogP contribution in [-0.2, 0) is 0 Å². The summed E-state index contributed by atoms with van der Waals surface area (Å²) in [6.07, 6.45) is 0. The van der Waals surface area contributed by atoms with Crippen LogP contribution in [0.15, 0.2) is 189 Å². The van der Waals surface area contributed by atoms with E-state index in [1.54, 1.807) is 0 Å². The van der Waals surface area contributed by atoms with E-state index in [9.17, 15) is 0 Å². The minimum Gasteiger partial charge on any atom is -0.455 e. The summed E-state index contributed by atoms with van der Waals surface area (Å²) >= 11 is 0. The second-order valence-electron chi connectivity index (χ2n) is 15.7. The monoisotopic (exact) mass is 751 g/mol. The fourth-order valence-electron chi connectivity index (χ4n) is 10.1. The third kappa shape index (κ3) is 4.14. The molecule has 0 amide bonds. The number of aromatic nitrogens is 1. The van der Waals surface area contributed by atoms with E-state index >= 15 is 0 Å². The first-order chi connectivity index (χ1) is 29.3. The molecule has 0 aliphatic carbocycles. The van der Waals surface area contributed by atoms with Crippen molar-refractivity contribution in [2.24, 2.45) is 0 Å². The molecule has 0 N–H and O–H groups in total. The van der Waals surface area contributed by atoms with Gasteiger partial charge in [-0.15, -0.1) is 0 Å². The number of nitrogens with zero attached hydrogens (tertiary/aromatic N) is 1. The second kappa shape index (κ2) is 11.3. The minimum absolute atomic E-state index is 0.758. The van der Waals surface area contributed by atoms with Crippen LogP contribution in [0.5, 0.6) is 0 Å². The first kappa shape index (κ1) is 31.2. The van der Waals surface area contributed by atoms with Crippen LogP contribution in [0.1, 0.15) is 0 Å². The molecule has 0 bridgehead atoms. The number of pyridine rings is 1. The Hall–Kier alpha value is -7.95. The summed E-state index contributed by atoms with van der Waals surface area (Å²) in [5.74, 6) is 0. The van der Waals surface area contributed by atoms with Crippen molar-refractivity contribution in [1.82, 2.24) is 4.98 Å². The highest BCUT2D eigenvalue weighted by molar-refractivity contribution is 6.32. The highest BCUT2D eigenvalue weighted by Crippen LogP contribution is 2.51. The summed E-state index contributed by atoms with van der Waals surface area (Å²) < 4.78 is 20.5. The van der Waals surface area contributed by atoms with E-state index in [0.29, 0.717) is 0 Å². The van der Waals surface area contributed by atoms with Crippen molar-refractivity contribution < 1.29 is 13.3 Å². The van der Waals surface area contributed by atoms with E-state index in [4.69, 9.17) is 18.2 Å². The maximum absolute atomic E-state index is 7.04. The molecule has 0 aliphatic rings. The van der Waals surface area contributed by atoms with Crippen molar-refractivity contribution >= 4 is 120 Å². The maximum atomic E-state index is 7.04. The number of furan rings is 3. The molecule has 59 heavy (non-hydrogen) atoms. The summed E-state index contributed by atoms with van der Waals surface area (Å²) in [7, 11) is 0. The third-order valence-corrected chi connectivity index (χ3v) is 12.6. The molecule has 4 heteroatoms. The largest absolute Gasteiger partial charge is 0.455 e. The van der Waals surface area contributed by atoms with E-state index in [2.05, 4.69) is 152 Å². The summed E-state index contributed by atoms with van der Waals surface area (Å²) in [6.45, 7) is 0. The summed E-state index contributed by atoms with van der Waals surface area (Å²) in [6, 6.07) is 62.3. The molecule has 4 nitrogen and oxygen atoms in total. The Morgan fingerprint density at radius 3 is 1.56 bits per heavy atom. The lowest BCUT2D eigenvalue weighted by atomic mass is 9.85. The van der Waals surface area contributed by atoms with Gasteiger partial charge in [0.05, 0.1) is 11.1 Å². The molecule has 0 saturated carbocycles. The number of fused-ring (bicyclic) bond motifs is 17. The number of hydrogen-bond acceptors (Lipinski definition) is 4. The van der Waals surface area contributed by atoms with Crippen LogP contribution in [0.25, 0.3) is 142 Å². The van der Waals surface area contributed by atoms with Crippen molar-refractivity contribution in [3.05, 3.63) is 176 Å². The average molecular weight is 752 g/mol. The van der Waals surface area contributed by atoms with Gasteiger partial charge in [0.15, 0.2) is 5.58 Å². The molecule has 0 atom stereocenters. The van der Waals surface area contributed by atoms with Crippen molar-refractivity contribution in [2.45, 2.75) is 0 Å². The molecular formula is C55H29NO3. The molecule has 4 heterocycles. The highest BCUT2D eigenvalue weighted by Gasteiger charge is 2.26. The van der Waals surface area contributed by atoms with Gasteiger partial charge in [-0.2, -0.15) is 0 Å². The van der Waals surface area contributed by atoms with Crippen LogP contribution in [0.4, 0.5) is 0 Å². The Balaban J connectivity index is 1.17. The SMILES string of the molecule is c1ccc2cc3c(cc2c1)oc1c(-c2c4ccccc4c(-c4nc5c(ccc6c7ccccc7oc65)c5oc6ccccc6c45)c4ccccc24)cc2ccccc2c13. The average Bonchev–Trinajstić information content (AvgIpc) is 3.99. The van der Waals surface area contributed by atoms with E-state index in [0.717, 1.165) is 126 Å². The van der Waals surface area contributed by atoms with E-state index in [1.807, 2.05) is 24.3 Å². The summed E-state index contributed by atoms with van der Waals surface area (Å²) in [4.78, 5) is 5.70. The van der Waals surface area contributed by atoms with Crippen molar-refractivity contribution in [2.75, 3.05) is 0 Å². The Labute approximate surface area is 335 Å². The first-order valence-electron chi connectivity index (χ1n) is 20.0. The topological polar surface area (TPSA) is 52.3 Å². The Kier molecular flexibility index (Phi) is 5.99. The zero-order valence-electron chi connectivity index (χ0n) is 31.4. The fraction of sp³-hybridized carbons (Fsp3) is 0. The molecule has 0 radical (unpaired) electrons. The predicted molar refractivity (Wildman–Crippen MR) is 244 cm³/mol. The van der Waals surface area contributed by atoms with E-state index in [-0.39, 0.29) is 0 Å². The van der Waals surface area contributed by atoms with Crippen LogP contribution >= 0.6 is 0 Å². The van der Waals surface area contributed by atoms with Crippen LogP contribution in [-0.4, -0.2) is 4.98 Å². The number of hydrogen-bond donors (Lipinski definition) is 0. The van der Waals surface area contributed by atoms with Crippen molar-refractivity contribution in [1.29, 1.82) is 0 Å². The predicted octanol–water partition coefficient (Wildman–Crippen LogP) is 15.9. The number of benzene rings is 10. The van der Waals surface area contributed by atoms with Crippen LogP contribution in [0.2, 0.25) is 0 Å². The Morgan fingerprint density at radius 1 is 0.305 bits per heavy atom. The van der Waals surface area contributed by atoms with Gasteiger partial charge in [-0.25, -0.2) is 4.98 Å². The lowest BCUT2D eigenvalue weighted by Crippen LogP contribution is -1.94. The molecular weight excluding hydrogens is 723 g/mol. The standard InChI is InChI=1S/C55H29NO3/c1-2-14-31-29-46-42(27-30(31)13-1)49-33-16-4-3-15-32(33)28-43(54(49)59-46)47-35-18-5-7-20-37(35)48(38-21-8-6-19-36(38)47)52-50-40-22-10-12-24-45(40)57-53(50)41-26-25-39-34-17-9-11-23-44(34)58-55(39)51(41)56-52/h1-29H. The molecule has 10 aromatic carbocycles. The maximum Gasteiger partial charge on any atom is 0.161 e. The van der Waals surface area contributed by atoms with Gasteiger partial charge in [0, 0.05) is 49.0 Å². The van der Waals surface area contributed by atoms with Crippen LogP contribution < -0.4 is 0 Å². The zero-order chi connectivity index (χ0) is 38.3. The molecule has 0 spiro atoms. The molecule has 0 unspecified atom stereocenters. The number of para-hydroxylation sites is 2. The summed E-state index contributed by atoms with van der Waals surface area (Å²) in [5, 5.41) is 16.4. The van der Waals surface area contributed by atoms with Crippen molar-refractivity contribution in [3.63, 3.8) is 0 Å². The molecule has 0 fully saturated rings. The molecule has 272 valence electrons. The van der Waals surface area contributed by atoms with Gasteiger partial charge in [0.2, 0.25) is 0 Å². The molecule has 14 aromatic rings. The molecule has 0 saturated heterocycles. The minimum atomic E-state index is 0.758. The van der Waals surface area contributed by atoms with Gasteiger partial charge in [0.25, 0.3) is 0 Å². The van der Waals surface area contributed by atoms with E-state index in [1.165, 1.54) is 16.2 Å². The van der Waals surface area contributed by atoms with Crippen molar-refractivity contribution in [3.8, 4) is 22.4 Å². The normalized spacial score (nSPS) is 12.4. The number of rotatable bonds is 2. The van der Waals surface area contributed by atoms with Gasteiger partial charge in [-0.3, -0.25) is 0 Å². The van der Waals surface area contributed by atoms with Gasteiger partial charge < -0.3 is 13.3 Å². The quantitative estimate of drug-likeness (QED) is 0.165. The highest BCUT2D eigenvalue weighted by atomic mass is 16.3.